The molecule has 0 aliphatic carbocycles. The zero-order chi connectivity index (χ0) is 12.3. The summed E-state index contributed by atoms with van der Waals surface area (Å²) in [6.07, 6.45) is -4.59. The van der Waals surface area contributed by atoms with Crippen LogP contribution in [-0.2, 0) is 11.0 Å². The highest BCUT2D eigenvalue weighted by atomic mass is 19.4. The van der Waals surface area contributed by atoms with E-state index in [1.807, 2.05) is 5.32 Å². The Balaban J connectivity index is 3.04. The SMILES string of the molecule is NCC(=O)Nc1cc(C(F)(F)F)ccc1F. The number of hydrogen-bond acceptors (Lipinski definition) is 2. The van der Waals surface area contributed by atoms with Crippen LogP contribution in [-0.4, -0.2) is 12.5 Å². The molecule has 1 aromatic rings. The van der Waals surface area contributed by atoms with Crippen molar-refractivity contribution in [2.24, 2.45) is 5.73 Å². The molecule has 7 heteroatoms. The van der Waals surface area contributed by atoms with Crippen LogP contribution in [0.25, 0.3) is 0 Å². The third-order valence-electron chi connectivity index (χ3n) is 1.75. The second kappa shape index (κ2) is 4.48. The van der Waals surface area contributed by atoms with Crippen molar-refractivity contribution in [2.45, 2.75) is 6.18 Å². The van der Waals surface area contributed by atoms with E-state index in [0.717, 1.165) is 0 Å². The number of alkyl halides is 3. The smallest absolute Gasteiger partial charge is 0.322 e. The van der Waals surface area contributed by atoms with Gasteiger partial charge in [0.15, 0.2) is 0 Å². The van der Waals surface area contributed by atoms with Crippen LogP contribution in [0.5, 0.6) is 0 Å². The maximum Gasteiger partial charge on any atom is 0.416 e. The first-order valence-electron chi connectivity index (χ1n) is 4.21. The predicted molar refractivity (Wildman–Crippen MR) is 49.1 cm³/mol. The summed E-state index contributed by atoms with van der Waals surface area (Å²) < 4.78 is 49.8. The van der Waals surface area contributed by atoms with E-state index in [1.54, 1.807) is 0 Å². The molecule has 3 nitrogen and oxygen atoms in total. The van der Waals surface area contributed by atoms with Crippen LogP contribution in [0.3, 0.4) is 0 Å². The molecule has 0 atom stereocenters. The monoisotopic (exact) mass is 236 g/mol. The van der Waals surface area contributed by atoms with E-state index in [4.69, 9.17) is 5.73 Å². The van der Waals surface area contributed by atoms with Crippen molar-refractivity contribution < 1.29 is 22.4 Å². The van der Waals surface area contributed by atoms with Crippen LogP contribution >= 0.6 is 0 Å². The van der Waals surface area contributed by atoms with Gasteiger partial charge >= 0.3 is 6.18 Å². The topological polar surface area (TPSA) is 55.1 Å². The van der Waals surface area contributed by atoms with Gasteiger partial charge < -0.3 is 11.1 Å². The Morgan fingerprint density at radius 2 is 2.00 bits per heavy atom. The number of nitrogens with one attached hydrogen (secondary N) is 1. The second-order valence-corrected chi connectivity index (χ2v) is 2.94. The summed E-state index contributed by atoms with van der Waals surface area (Å²) in [6.45, 7) is -0.435. The molecule has 0 aliphatic heterocycles. The average molecular weight is 236 g/mol. The molecule has 0 radical (unpaired) electrons. The highest BCUT2D eigenvalue weighted by Gasteiger charge is 2.31. The first kappa shape index (κ1) is 12.4. The van der Waals surface area contributed by atoms with E-state index < -0.39 is 35.7 Å². The van der Waals surface area contributed by atoms with Crippen LogP contribution in [0.2, 0.25) is 0 Å². The number of anilines is 1. The summed E-state index contributed by atoms with van der Waals surface area (Å²) in [4.78, 5) is 10.8. The molecule has 0 saturated heterocycles. The molecule has 1 aromatic carbocycles. The maximum atomic E-state index is 13.0. The van der Waals surface area contributed by atoms with Crippen LogP contribution in [0.4, 0.5) is 23.2 Å². The molecule has 0 heterocycles. The van der Waals surface area contributed by atoms with E-state index in [0.29, 0.717) is 18.2 Å². The van der Waals surface area contributed by atoms with E-state index >= 15 is 0 Å². The summed E-state index contributed by atoms with van der Waals surface area (Å²) in [5.41, 5.74) is 3.36. The van der Waals surface area contributed by atoms with Crippen LogP contribution in [0.1, 0.15) is 5.56 Å². The molecular weight excluding hydrogens is 228 g/mol. The standard InChI is InChI=1S/C9H8F4N2O/c10-6-2-1-5(9(11,12)13)3-7(6)15-8(16)4-14/h1-3H,4,14H2,(H,15,16). The molecule has 3 N–H and O–H groups in total. The summed E-state index contributed by atoms with van der Waals surface area (Å²) in [5, 5.41) is 1.93. The van der Waals surface area contributed by atoms with Crippen molar-refractivity contribution in [3.05, 3.63) is 29.6 Å². The van der Waals surface area contributed by atoms with E-state index in [9.17, 15) is 22.4 Å². The number of rotatable bonds is 2. The molecule has 0 saturated carbocycles. The fraction of sp³-hybridized carbons (Fsp3) is 0.222. The number of carbonyl (C=O) groups is 1. The fourth-order valence-corrected chi connectivity index (χ4v) is 0.999. The highest BCUT2D eigenvalue weighted by molar-refractivity contribution is 5.92. The number of amides is 1. The van der Waals surface area contributed by atoms with Crippen molar-refractivity contribution in [1.82, 2.24) is 0 Å². The minimum Gasteiger partial charge on any atom is -0.322 e. The summed E-state index contributed by atoms with van der Waals surface area (Å²) >= 11 is 0. The number of carbonyl (C=O) groups excluding carboxylic acids is 1. The van der Waals surface area contributed by atoms with Gasteiger partial charge in [-0.05, 0) is 18.2 Å². The lowest BCUT2D eigenvalue weighted by molar-refractivity contribution is -0.137. The molecule has 88 valence electrons. The van der Waals surface area contributed by atoms with Crippen molar-refractivity contribution in [1.29, 1.82) is 0 Å². The van der Waals surface area contributed by atoms with Gasteiger partial charge in [0.1, 0.15) is 5.82 Å². The fourth-order valence-electron chi connectivity index (χ4n) is 0.999. The molecule has 0 aliphatic rings. The van der Waals surface area contributed by atoms with E-state index in [1.165, 1.54) is 0 Å². The van der Waals surface area contributed by atoms with Gasteiger partial charge in [-0.2, -0.15) is 13.2 Å². The predicted octanol–water partition coefficient (Wildman–Crippen LogP) is 1.74. The van der Waals surface area contributed by atoms with Crippen molar-refractivity contribution in [3.63, 3.8) is 0 Å². The summed E-state index contributed by atoms with van der Waals surface area (Å²) in [6, 6.07) is 1.74. The number of halogens is 4. The van der Waals surface area contributed by atoms with Crippen LogP contribution in [0, 0.1) is 5.82 Å². The van der Waals surface area contributed by atoms with Gasteiger partial charge in [0.2, 0.25) is 5.91 Å². The van der Waals surface area contributed by atoms with Gasteiger partial charge in [0.25, 0.3) is 0 Å². The Morgan fingerprint density at radius 3 is 2.50 bits per heavy atom. The van der Waals surface area contributed by atoms with Gasteiger partial charge in [-0.25, -0.2) is 4.39 Å². The minimum atomic E-state index is -4.59. The minimum absolute atomic E-state index is 0.435. The van der Waals surface area contributed by atoms with Crippen molar-refractivity contribution in [2.75, 3.05) is 11.9 Å². The molecule has 16 heavy (non-hydrogen) atoms. The highest BCUT2D eigenvalue weighted by Crippen LogP contribution is 2.31. The lowest BCUT2D eigenvalue weighted by Crippen LogP contribution is -2.22. The first-order valence-corrected chi connectivity index (χ1v) is 4.21. The quantitative estimate of drug-likeness (QED) is 0.768. The summed E-state index contributed by atoms with van der Waals surface area (Å²) in [7, 11) is 0. The third-order valence-corrected chi connectivity index (χ3v) is 1.75. The van der Waals surface area contributed by atoms with Crippen molar-refractivity contribution in [3.8, 4) is 0 Å². The lowest BCUT2D eigenvalue weighted by atomic mass is 10.2. The normalized spacial score (nSPS) is 11.3. The molecule has 0 unspecified atom stereocenters. The molecule has 0 bridgehead atoms. The number of nitrogens with two attached hydrogens (primary N) is 1. The van der Waals surface area contributed by atoms with E-state index in [2.05, 4.69) is 0 Å². The Labute approximate surface area is 88.2 Å². The van der Waals surface area contributed by atoms with Gasteiger partial charge in [-0.15, -0.1) is 0 Å². The Morgan fingerprint density at radius 1 is 1.38 bits per heavy atom. The van der Waals surface area contributed by atoms with Gasteiger partial charge in [-0.3, -0.25) is 4.79 Å². The van der Waals surface area contributed by atoms with Gasteiger partial charge in [0.05, 0.1) is 17.8 Å². The molecule has 1 rings (SSSR count). The molecule has 0 fully saturated rings. The van der Waals surface area contributed by atoms with Crippen LogP contribution < -0.4 is 11.1 Å². The zero-order valence-corrected chi connectivity index (χ0v) is 7.94. The van der Waals surface area contributed by atoms with Gasteiger partial charge in [0, 0.05) is 0 Å². The Kier molecular flexibility index (Phi) is 3.48. The lowest BCUT2D eigenvalue weighted by Gasteiger charge is -2.10. The molecule has 0 spiro atoms. The van der Waals surface area contributed by atoms with Crippen molar-refractivity contribution >= 4 is 11.6 Å². The third kappa shape index (κ3) is 2.93. The zero-order valence-electron chi connectivity index (χ0n) is 7.94. The largest absolute Gasteiger partial charge is 0.416 e. The first-order chi connectivity index (χ1) is 7.34. The average Bonchev–Trinajstić information content (AvgIpc) is 2.19. The summed E-state index contributed by atoms with van der Waals surface area (Å²) in [5.74, 6) is -1.71. The maximum absolute atomic E-state index is 13.0. The second-order valence-electron chi connectivity index (χ2n) is 2.94. The van der Waals surface area contributed by atoms with Gasteiger partial charge in [-0.1, -0.05) is 0 Å². The molecule has 0 aromatic heterocycles. The Bertz CT molecular complexity index is 403. The number of benzene rings is 1. The number of hydrogen-bond donors (Lipinski definition) is 2. The Hall–Kier alpha value is -1.63. The van der Waals surface area contributed by atoms with E-state index in [-0.39, 0.29) is 0 Å². The molecular formula is C9H8F4N2O. The van der Waals surface area contributed by atoms with Crippen LogP contribution in [0.15, 0.2) is 18.2 Å². The molecule has 1 amide bonds.